The molecule has 3 aliphatic rings. The van der Waals surface area contributed by atoms with E-state index in [1.807, 2.05) is 0 Å². The maximum Gasteiger partial charge on any atom is 0.186 e. The maximum atomic E-state index is 6.09. The lowest BCUT2D eigenvalue weighted by Gasteiger charge is -2.51. The van der Waals surface area contributed by atoms with Crippen molar-refractivity contribution in [2.24, 2.45) is 11.7 Å². The Morgan fingerprint density at radius 2 is 1.82 bits per heavy atom. The van der Waals surface area contributed by atoms with Crippen LogP contribution in [0.3, 0.4) is 0 Å². The fraction of sp³-hybridized carbons (Fsp3) is 1.00. The van der Waals surface area contributed by atoms with Crippen LogP contribution in [0, 0.1) is 5.92 Å². The fourth-order valence-corrected chi connectivity index (χ4v) is 2.75. The molecule has 3 saturated heterocycles. The standard InChI is InChI=1S/C7H12Cl2N2/c8-7(9)6(10)5-1-3-11(7)4-2-5/h5-6H,1-4,10H2. The van der Waals surface area contributed by atoms with Crippen LogP contribution in [0.5, 0.6) is 0 Å². The third-order valence-electron chi connectivity index (χ3n) is 2.87. The molecule has 4 heteroatoms. The van der Waals surface area contributed by atoms with Crippen LogP contribution in [-0.4, -0.2) is 28.5 Å². The van der Waals surface area contributed by atoms with Crippen LogP contribution in [-0.2, 0) is 0 Å². The molecule has 2 nitrogen and oxygen atoms in total. The van der Waals surface area contributed by atoms with Crippen molar-refractivity contribution in [2.45, 2.75) is 23.3 Å². The summed E-state index contributed by atoms with van der Waals surface area (Å²) in [6.45, 7) is 2.01. The molecule has 11 heavy (non-hydrogen) atoms. The predicted octanol–water partition coefficient (Wildman–Crippen LogP) is 1.17. The first kappa shape index (κ1) is 8.11. The number of hydrogen-bond acceptors (Lipinski definition) is 2. The molecular formula is C7H12Cl2N2. The average molecular weight is 195 g/mol. The lowest BCUT2D eigenvalue weighted by molar-refractivity contribution is 0.0465. The van der Waals surface area contributed by atoms with E-state index in [-0.39, 0.29) is 6.04 Å². The Bertz CT molecular complexity index is 160. The number of hydrogen-bond donors (Lipinski definition) is 1. The van der Waals surface area contributed by atoms with Gasteiger partial charge in [0.1, 0.15) is 0 Å². The van der Waals surface area contributed by atoms with Gasteiger partial charge in [-0.25, -0.2) is 0 Å². The molecule has 1 unspecified atom stereocenters. The Labute approximate surface area is 76.6 Å². The first-order valence-electron chi connectivity index (χ1n) is 4.01. The minimum atomic E-state index is -0.791. The van der Waals surface area contributed by atoms with Crippen molar-refractivity contribution in [1.82, 2.24) is 4.90 Å². The molecule has 2 bridgehead atoms. The summed E-state index contributed by atoms with van der Waals surface area (Å²) in [5.41, 5.74) is 5.89. The summed E-state index contributed by atoms with van der Waals surface area (Å²) in [5.74, 6) is 0.537. The van der Waals surface area contributed by atoms with Crippen LogP contribution in [0.1, 0.15) is 12.8 Å². The van der Waals surface area contributed by atoms with Crippen LogP contribution < -0.4 is 5.73 Å². The van der Waals surface area contributed by atoms with E-state index in [0.717, 1.165) is 25.9 Å². The Kier molecular flexibility index (Phi) is 1.84. The summed E-state index contributed by atoms with van der Waals surface area (Å²) >= 11 is 12.2. The normalized spacial score (nSPS) is 47.7. The highest BCUT2D eigenvalue weighted by Crippen LogP contribution is 2.43. The molecule has 3 rings (SSSR count). The van der Waals surface area contributed by atoms with E-state index in [0.29, 0.717) is 5.92 Å². The van der Waals surface area contributed by atoms with Crippen molar-refractivity contribution in [3.8, 4) is 0 Å². The minimum Gasteiger partial charge on any atom is -0.324 e. The molecular weight excluding hydrogens is 183 g/mol. The Hall–Kier alpha value is 0.500. The van der Waals surface area contributed by atoms with E-state index in [4.69, 9.17) is 28.9 Å². The third-order valence-corrected chi connectivity index (χ3v) is 3.85. The monoisotopic (exact) mass is 194 g/mol. The summed E-state index contributed by atoms with van der Waals surface area (Å²) < 4.78 is -0.791. The van der Waals surface area contributed by atoms with Gasteiger partial charge in [0.2, 0.25) is 0 Å². The predicted molar refractivity (Wildman–Crippen MR) is 46.7 cm³/mol. The third kappa shape index (κ3) is 1.08. The van der Waals surface area contributed by atoms with Crippen molar-refractivity contribution in [1.29, 1.82) is 0 Å². The van der Waals surface area contributed by atoms with Crippen molar-refractivity contribution in [3.05, 3.63) is 0 Å². The second-order valence-electron chi connectivity index (χ2n) is 3.44. The molecule has 0 aromatic rings. The highest BCUT2D eigenvalue weighted by atomic mass is 35.5. The molecule has 64 valence electrons. The molecule has 0 amide bonds. The van der Waals surface area contributed by atoms with Gasteiger partial charge in [-0.3, -0.25) is 4.90 Å². The minimum absolute atomic E-state index is 0.0617. The van der Waals surface area contributed by atoms with E-state index in [9.17, 15) is 0 Å². The zero-order valence-electron chi connectivity index (χ0n) is 6.26. The summed E-state index contributed by atoms with van der Waals surface area (Å²) in [7, 11) is 0. The van der Waals surface area contributed by atoms with E-state index < -0.39 is 4.46 Å². The number of halogens is 2. The first-order valence-corrected chi connectivity index (χ1v) is 4.76. The molecule has 0 spiro atoms. The second kappa shape index (κ2) is 2.49. The van der Waals surface area contributed by atoms with E-state index in [2.05, 4.69) is 4.90 Å². The van der Waals surface area contributed by atoms with Crippen LogP contribution in [0.2, 0.25) is 0 Å². The lowest BCUT2D eigenvalue weighted by Crippen LogP contribution is -2.64. The van der Waals surface area contributed by atoms with Gasteiger partial charge in [0.05, 0.1) is 6.04 Å². The molecule has 0 radical (unpaired) electrons. The van der Waals surface area contributed by atoms with Crippen molar-refractivity contribution in [3.63, 3.8) is 0 Å². The molecule has 3 heterocycles. The fourth-order valence-electron chi connectivity index (χ4n) is 2.05. The lowest BCUT2D eigenvalue weighted by atomic mass is 9.84. The summed E-state index contributed by atoms with van der Waals surface area (Å²) in [5, 5.41) is 0. The van der Waals surface area contributed by atoms with Crippen molar-refractivity contribution in [2.75, 3.05) is 13.1 Å². The topological polar surface area (TPSA) is 29.3 Å². The molecule has 3 fully saturated rings. The van der Waals surface area contributed by atoms with Gasteiger partial charge in [-0.1, -0.05) is 23.2 Å². The van der Waals surface area contributed by atoms with Gasteiger partial charge in [-0.05, 0) is 18.8 Å². The molecule has 1 atom stereocenters. The molecule has 2 N–H and O–H groups in total. The second-order valence-corrected chi connectivity index (χ2v) is 4.78. The molecule has 0 aromatic heterocycles. The van der Waals surface area contributed by atoms with Gasteiger partial charge in [0.25, 0.3) is 0 Å². The number of nitrogens with zero attached hydrogens (tertiary/aromatic N) is 1. The van der Waals surface area contributed by atoms with Gasteiger partial charge >= 0.3 is 0 Å². The zero-order valence-corrected chi connectivity index (χ0v) is 7.78. The number of alkyl halides is 2. The summed E-state index contributed by atoms with van der Waals surface area (Å²) in [6, 6.07) is -0.0617. The molecule has 3 aliphatic heterocycles. The smallest absolute Gasteiger partial charge is 0.186 e. The Morgan fingerprint density at radius 1 is 1.27 bits per heavy atom. The van der Waals surface area contributed by atoms with Gasteiger partial charge in [-0.15, -0.1) is 0 Å². The number of rotatable bonds is 0. The Morgan fingerprint density at radius 3 is 2.09 bits per heavy atom. The van der Waals surface area contributed by atoms with Crippen molar-refractivity contribution >= 4 is 23.2 Å². The van der Waals surface area contributed by atoms with E-state index >= 15 is 0 Å². The van der Waals surface area contributed by atoms with E-state index in [1.165, 1.54) is 0 Å². The van der Waals surface area contributed by atoms with Gasteiger partial charge in [-0.2, -0.15) is 0 Å². The molecule has 0 aliphatic carbocycles. The largest absolute Gasteiger partial charge is 0.324 e. The van der Waals surface area contributed by atoms with Crippen LogP contribution >= 0.6 is 23.2 Å². The number of fused-ring (bicyclic) bond motifs is 3. The maximum absolute atomic E-state index is 6.09. The van der Waals surface area contributed by atoms with Gasteiger partial charge < -0.3 is 5.73 Å². The summed E-state index contributed by atoms with van der Waals surface area (Å²) in [4.78, 5) is 2.07. The summed E-state index contributed by atoms with van der Waals surface area (Å²) in [6.07, 6.45) is 2.31. The zero-order chi connectivity index (χ0) is 8.06. The molecule has 0 aromatic carbocycles. The highest BCUT2D eigenvalue weighted by molar-refractivity contribution is 6.48. The van der Waals surface area contributed by atoms with Crippen LogP contribution in [0.15, 0.2) is 0 Å². The molecule has 0 saturated carbocycles. The van der Waals surface area contributed by atoms with Crippen LogP contribution in [0.25, 0.3) is 0 Å². The SMILES string of the molecule is NC1C2CCN(CC2)C1(Cl)Cl. The van der Waals surface area contributed by atoms with Crippen LogP contribution in [0.4, 0.5) is 0 Å². The average Bonchev–Trinajstić information content (AvgIpc) is 2.01. The Balaban J connectivity index is 2.23. The number of nitrogens with two attached hydrogens (primary N) is 1. The van der Waals surface area contributed by atoms with E-state index in [1.54, 1.807) is 0 Å². The quantitative estimate of drug-likeness (QED) is 0.464. The van der Waals surface area contributed by atoms with Gasteiger partial charge in [0.15, 0.2) is 4.46 Å². The highest BCUT2D eigenvalue weighted by Gasteiger charge is 2.49. The number of piperidine rings is 3. The van der Waals surface area contributed by atoms with Gasteiger partial charge in [0, 0.05) is 13.1 Å². The van der Waals surface area contributed by atoms with Crippen molar-refractivity contribution < 1.29 is 0 Å². The first-order chi connectivity index (χ1) is 5.12.